The fourth-order valence-electron chi connectivity index (χ4n) is 1.72. The van der Waals surface area contributed by atoms with E-state index in [1.165, 1.54) is 22.3 Å². The van der Waals surface area contributed by atoms with Gasteiger partial charge in [-0.25, -0.2) is 0 Å². The second kappa shape index (κ2) is 3.82. The Bertz CT molecular complexity index is 575. The zero-order valence-corrected chi connectivity index (χ0v) is 8.89. The molecule has 0 atom stereocenters. The number of aromatic nitrogens is 3. The Kier molecular flexibility index (Phi) is 2.18. The minimum absolute atomic E-state index is 0.0935. The highest BCUT2D eigenvalue weighted by Gasteiger charge is 2.22. The molecule has 1 aromatic heterocycles. The Balaban J connectivity index is 2.18. The molecule has 6 nitrogen and oxygen atoms in total. The zero-order valence-electron chi connectivity index (χ0n) is 8.89. The Morgan fingerprint density at radius 1 is 1.12 bits per heavy atom. The molecule has 1 aliphatic heterocycles. The monoisotopic (exact) mass is 227 g/mol. The van der Waals surface area contributed by atoms with Crippen molar-refractivity contribution in [1.82, 2.24) is 15.1 Å². The third-order valence-corrected chi connectivity index (χ3v) is 2.44. The van der Waals surface area contributed by atoms with Gasteiger partial charge in [-0.15, -0.1) is 10.2 Å². The normalized spacial score (nSPS) is 14.6. The number of amides is 1. The van der Waals surface area contributed by atoms with Crippen molar-refractivity contribution >= 4 is 17.8 Å². The summed E-state index contributed by atoms with van der Waals surface area (Å²) in [5.74, 6) is -0.164. The standard InChI is InChI=1S/C11H9N5O/c17-11-8-12-7-9-3-1-2-4-10(9)15(11)16-13-5-6-14-16/h1-7H,8H2. The summed E-state index contributed by atoms with van der Waals surface area (Å²) in [7, 11) is 0. The first-order valence-electron chi connectivity index (χ1n) is 5.15. The lowest BCUT2D eigenvalue weighted by atomic mass is 10.2. The van der Waals surface area contributed by atoms with Crippen LogP contribution in [-0.2, 0) is 4.79 Å². The van der Waals surface area contributed by atoms with Gasteiger partial charge in [0.1, 0.15) is 6.54 Å². The van der Waals surface area contributed by atoms with E-state index in [1.54, 1.807) is 6.21 Å². The van der Waals surface area contributed by atoms with E-state index in [4.69, 9.17) is 0 Å². The van der Waals surface area contributed by atoms with Crippen molar-refractivity contribution in [1.29, 1.82) is 0 Å². The molecule has 0 aliphatic carbocycles. The zero-order chi connectivity index (χ0) is 11.7. The summed E-state index contributed by atoms with van der Waals surface area (Å²) in [6.45, 7) is 0.0935. The molecule has 1 aliphatic rings. The molecule has 17 heavy (non-hydrogen) atoms. The van der Waals surface area contributed by atoms with Crippen LogP contribution in [0.5, 0.6) is 0 Å². The fraction of sp³-hybridized carbons (Fsp3) is 0.0909. The number of anilines is 1. The van der Waals surface area contributed by atoms with Gasteiger partial charge in [-0.1, -0.05) is 23.1 Å². The Morgan fingerprint density at radius 2 is 1.88 bits per heavy atom. The number of hydrogen-bond donors (Lipinski definition) is 0. The van der Waals surface area contributed by atoms with Gasteiger partial charge in [0, 0.05) is 11.8 Å². The first-order chi connectivity index (χ1) is 8.36. The van der Waals surface area contributed by atoms with E-state index < -0.39 is 0 Å². The lowest BCUT2D eigenvalue weighted by Crippen LogP contribution is -2.39. The van der Waals surface area contributed by atoms with Crippen molar-refractivity contribution in [2.24, 2.45) is 4.99 Å². The van der Waals surface area contributed by atoms with Crippen molar-refractivity contribution < 1.29 is 4.79 Å². The van der Waals surface area contributed by atoms with Gasteiger partial charge in [0.05, 0.1) is 18.1 Å². The fourth-order valence-corrected chi connectivity index (χ4v) is 1.72. The predicted octanol–water partition coefficient (Wildman–Crippen LogP) is 0.507. The van der Waals surface area contributed by atoms with Gasteiger partial charge in [0.25, 0.3) is 5.91 Å². The number of benzodiazepines with no additional fused rings is 1. The average molecular weight is 227 g/mol. The van der Waals surface area contributed by atoms with Gasteiger partial charge in [-0.05, 0) is 6.07 Å². The Labute approximate surface area is 97.2 Å². The number of nitrogens with zero attached hydrogens (tertiary/aromatic N) is 5. The maximum Gasteiger partial charge on any atom is 0.270 e. The number of carbonyl (C=O) groups is 1. The van der Waals surface area contributed by atoms with E-state index in [9.17, 15) is 4.79 Å². The third-order valence-electron chi connectivity index (χ3n) is 2.44. The van der Waals surface area contributed by atoms with E-state index in [0.29, 0.717) is 0 Å². The molecule has 2 aromatic rings. The summed E-state index contributed by atoms with van der Waals surface area (Å²) in [5, 5.41) is 9.39. The molecule has 6 heteroatoms. The lowest BCUT2D eigenvalue weighted by molar-refractivity contribution is -0.118. The van der Waals surface area contributed by atoms with E-state index >= 15 is 0 Å². The first-order valence-corrected chi connectivity index (χ1v) is 5.15. The minimum Gasteiger partial charge on any atom is -0.282 e. The summed E-state index contributed by atoms with van der Waals surface area (Å²) in [6, 6.07) is 7.50. The van der Waals surface area contributed by atoms with Crippen LogP contribution in [0, 0.1) is 0 Å². The van der Waals surface area contributed by atoms with E-state index in [1.807, 2.05) is 24.3 Å². The SMILES string of the molecule is O=C1CN=Cc2ccccc2N1n1nccn1. The molecule has 0 fully saturated rings. The molecule has 0 saturated heterocycles. The summed E-state index contributed by atoms with van der Waals surface area (Å²) in [4.78, 5) is 17.3. The number of rotatable bonds is 1. The summed E-state index contributed by atoms with van der Waals surface area (Å²) < 4.78 is 0. The highest BCUT2D eigenvalue weighted by molar-refractivity contribution is 6.02. The molecule has 0 saturated carbocycles. The molecule has 84 valence electrons. The topological polar surface area (TPSA) is 63.4 Å². The number of aliphatic imine (C=N–C) groups is 1. The number of fused-ring (bicyclic) bond motifs is 1. The molecule has 0 N–H and O–H groups in total. The van der Waals surface area contributed by atoms with Gasteiger partial charge in [0.2, 0.25) is 0 Å². The molecular formula is C11H9N5O. The first kappa shape index (κ1) is 9.71. The molecule has 3 rings (SSSR count). The van der Waals surface area contributed by atoms with Crippen molar-refractivity contribution in [3.05, 3.63) is 42.2 Å². The summed E-state index contributed by atoms with van der Waals surface area (Å²) >= 11 is 0. The van der Waals surface area contributed by atoms with Crippen LogP contribution in [0.15, 0.2) is 41.7 Å². The molecule has 2 heterocycles. The number of carbonyl (C=O) groups excluding carboxylic acids is 1. The number of benzene rings is 1. The van der Waals surface area contributed by atoms with Gasteiger partial charge in [-0.2, -0.15) is 5.01 Å². The number of para-hydroxylation sites is 1. The van der Waals surface area contributed by atoms with Crippen LogP contribution >= 0.6 is 0 Å². The molecule has 0 bridgehead atoms. The predicted molar refractivity (Wildman–Crippen MR) is 61.8 cm³/mol. The van der Waals surface area contributed by atoms with Crippen LogP contribution in [0.25, 0.3) is 0 Å². The Morgan fingerprint density at radius 3 is 2.71 bits per heavy atom. The van der Waals surface area contributed by atoms with Crippen LogP contribution < -0.4 is 5.01 Å². The second-order valence-corrected chi connectivity index (χ2v) is 3.53. The Hall–Kier alpha value is -2.50. The summed E-state index contributed by atoms with van der Waals surface area (Å²) in [5.41, 5.74) is 1.60. The van der Waals surface area contributed by atoms with Crippen LogP contribution in [0.2, 0.25) is 0 Å². The minimum atomic E-state index is -0.164. The van der Waals surface area contributed by atoms with Crippen LogP contribution in [0.1, 0.15) is 5.56 Å². The smallest absolute Gasteiger partial charge is 0.270 e. The average Bonchev–Trinajstić information content (AvgIpc) is 2.80. The van der Waals surface area contributed by atoms with Crippen LogP contribution in [-0.4, -0.2) is 33.8 Å². The van der Waals surface area contributed by atoms with E-state index in [2.05, 4.69) is 15.2 Å². The summed E-state index contributed by atoms with van der Waals surface area (Å²) in [6.07, 6.45) is 4.75. The molecular weight excluding hydrogens is 218 g/mol. The maximum absolute atomic E-state index is 12.0. The van der Waals surface area contributed by atoms with E-state index in [0.717, 1.165) is 11.3 Å². The van der Waals surface area contributed by atoms with Crippen molar-refractivity contribution in [2.45, 2.75) is 0 Å². The van der Waals surface area contributed by atoms with Gasteiger partial charge >= 0.3 is 0 Å². The van der Waals surface area contributed by atoms with Crippen molar-refractivity contribution in [3.8, 4) is 0 Å². The highest BCUT2D eigenvalue weighted by atomic mass is 16.2. The quantitative estimate of drug-likeness (QED) is 0.713. The molecule has 1 amide bonds. The van der Waals surface area contributed by atoms with Crippen LogP contribution in [0.3, 0.4) is 0 Å². The second-order valence-electron chi connectivity index (χ2n) is 3.53. The van der Waals surface area contributed by atoms with E-state index in [-0.39, 0.29) is 12.5 Å². The number of hydrogen-bond acceptors (Lipinski definition) is 4. The third kappa shape index (κ3) is 1.59. The maximum atomic E-state index is 12.0. The van der Waals surface area contributed by atoms with Gasteiger partial charge in [0.15, 0.2) is 0 Å². The molecule has 1 aromatic carbocycles. The van der Waals surface area contributed by atoms with Gasteiger partial charge < -0.3 is 0 Å². The van der Waals surface area contributed by atoms with Crippen molar-refractivity contribution in [2.75, 3.05) is 11.6 Å². The lowest BCUT2D eigenvalue weighted by Gasteiger charge is -2.19. The van der Waals surface area contributed by atoms with Crippen LogP contribution in [0.4, 0.5) is 5.69 Å². The van der Waals surface area contributed by atoms with Gasteiger partial charge in [-0.3, -0.25) is 9.79 Å². The van der Waals surface area contributed by atoms with Crippen molar-refractivity contribution in [3.63, 3.8) is 0 Å². The molecule has 0 radical (unpaired) electrons. The largest absolute Gasteiger partial charge is 0.282 e. The molecule has 0 spiro atoms. The molecule has 0 unspecified atom stereocenters. The highest BCUT2D eigenvalue weighted by Crippen LogP contribution is 2.20.